The van der Waals surface area contributed by atoms with Gasteiger partial charge in [0.05, 0.1) is 18.3 Å². The lowest BCUT2D eigenvalue weighted by molar-refractivity contribution is 0.416. The molecule has 28 heavy (non-hydrogen) atoms. The predicted octanol–water partition coefficient (Wildman–Crippen LogP) is 5.35. The van der Waals surface area contributed by atoms with Crippen LogP contribution in [0.25, 0.3) is 11.3 Å². The normalized spacial score (nSPS) is 12.2. The monoisotopic (exact) mass is 371 g/mol. The molecule has 0 saturated carbocycles. The average Bonchev–Trinajstić information content (AvgIpc) is 3.34. The smallest absolute Gasteiger partial charge is 0.120 e. The molecule has 0 amide bonds. The van der Waals surface area contributed by atoms with Gasteiger partial charge in [0.25, 0.3) is 0 Å². The Morgan fingerprint density at radius 3 is 2.36 bits per heavy atom. The Morgan fingerprint density at radius 1 is 0.964 bits per heavy atom. The summed E-state index contributed by atoms with van der Waals surface area (Å²) in [4.78, 5) is 0. The number of hydrogen-bond donors (Lipinski definition) is 1. The van der Waals surface area contributed by atoms with Crippen LogP contribution in [0.3, 0.4) is 0 Å². The van der Waals surface area contributed by atoms with Crippen LogP contribution in [0, 0.1) is 6.92 Å². The van der Waals surface area contributed by atoms with Crippen LogP contribution in [-0.2, 0) is 13.1 Å². The molecule has 0 radical (unpaired) electrons. The Kier molecular flexibility index (Phi) is 5.40. The quantitative estimate of drug-likeness (QED) is 0.476. The summed E-state index contributed by atoms with van der Waals surface area (Å²) in [6, 6.07) is 24.9. The second-order valence-electron chi connectivity index (χ2n) is 7.10. The Bertz CT molecular complexity index is 1020. The summed E-state index contributed by atoms with van der Waals surface area (Å²) < 4.78 is 7.77. The molecule has 4 heteroatoms. The van der Waals surface area contributed by atoms with Crippen molar-refractivity contribution in [2.45, 2.75) is 33.0 Å². The van der Waals surface area contributed by atoms with Crippen LogP contribution in [0.5, 0.6) is 0 Å². The van der Waals surface area contributed by atoms with E-state index in [9.17, 15) is 0 Å². The highest BCUT2D eigenvalue weighted by Crippen LogP contribution is 2.24. The molecule has 0 aliphatic heterocycles. The van der Waals surface area contributed by atoms with Crippen LogP contribution in [0.1, 0.15) is 35.6 Å². The zero-order chi connectivity index (χ0) is 19.3. The van der Waals surface area contributed by atoms with Crippen molar-refractivity contribution < 1.29 is 4.42 Å². The fourth-order valence-corrected chi connectivity index (χ4v) is 3.33. The minimum atomic E-state index is 0.134. The topological polar surface area (TPSA) is 43.0 Å². The van der Waals surface area contributed by atoms with Crippen molar-refractivity contribution in [2.24, 2.45) is 0 Å². The predicted molar refractivity (Wildman–Crippen MR) is 112 cm³/mol. The highest BCUT2D eigenvalue weighted by atomic mass is 16.3. The van der Waals surface area contributed by atoms with Gasteiger partial charge in [-0.05, 0) is 31.5 Å². The summed E-state index contributed by atoms with van der Waals surface area (Å²) >= 11 is 0. The highest BCUT2D eigenvalue weighted by molar-refractivity contribution is 5.62. The van der Waals surface area contributed by atoms with Crippen molar-refractivity contribution in [3.8, 4) is 11.3 Å². The van der Waals surface area contributed by atoms with Gasteiger partial charge in [-0.3, -0.25) is 4.68 Å². The van der Waals surface area contributed by atoms with Crippen molar-refractivity contribution in [3.05, 3.63) is 102 Å². The third kappa shape index (κ3) is 4.24. The average molecular weight is 371 g/mol. The molecular formula is C24H25N3O. The lowest BCUT2D eigenvalue weighted by atomic mass is 10.1. The van der Waals surface area contributed by atoms with Crippen LogP contribution in [0.15, 0.2) is 83.4 Å². The van der Waals surface area contributed by atoms with Crippen LogP contribution in [0.2, 0.25) is 0 Å². The largest absolute Gasteiger partial charge is 0.465 e. The SMILES string of the molecule is Cc1ccc([C@@H](C)NCc2cn(Cc3ccccc3)nc2-c2ccccc2)o1. The fourth-order valence-electron chi connectivity index (χ4n) is 3.33. The molecule has 0 aliphatic carbocycles. The van der Waals surface area contributed by atoms with Crippen molar-refractivity contribution >= 4 is 0 Å². The summed E-state index contributed by atoms with van der Waals surface area (Å²) in [6.45, 7) is 5.57. The second-order valence-corrected chi connectivity index (χ2v) is 7.10. The zero-order valence-corrected chi connectivity index (χ0v) is 16.3. The van der Waals surface area contributed by atoms with E-state index in [1.54, 1.807) is 0 Å². The van der Waals surface area contributed by atoms with Crippen LogP contribution in [-0.4, -0.2) is 9.78 Å². The highest BCUT2D eigenvalue weighted by Gasteiger charge is 2.14. The molecule has 142 valence electrons. The first-order valence-corrected chi connectivity index (χ1v) is 9.64. The van der Waals surface area contributed by atoms with Crippen LogP contribution >= 0.6 is 0 Å². The lowest BCUT2D eigenvalue weighted by Gasteiger charge is -2.11. The molecule has 2 aromatic heterocycles. The third-order valence-electron chi connectivity index (χ3n) is 4.86. The molecular weight excluding hydrogens is 346 g/mol. The summed E-state index contributed by atoms with van der Waals surface area (Å²) in [5, 5.41) is 8.45. The Morgan fingerprint density at radius 2 is 1.68 bits per heavy atom. The van der Waals surface area contributed by atoms with Gasteiger partial charge in [0.1, 0.15) is 11.5 Å². The van der Waals surface area contributed by atoms with Gasteiger partial charge in [0.15, 0.2) is 0 Å². The molecule has 0 saturated heterocycles. The maximum Gasteiger partial charge on any atom is 0.120 e. The van der Waals surface area contributed by atoms with Gasteiger partial charge in [-0.1, -0.05) is 60.7 Å². The minimum absolute atomic E-state index is 0.134. The van der Waals surface area contributed by atoms with Crippen LogP contribution < -0.4 is 5.32 Å². The first-order valence-electron chi connectivity index (χ1n) is 9.64. The molecule has 2 heterocycles. The van der Waals surface area contributed by atoms with Gasteiger partial charge in [-0.15, -0.1) is 0 Å². The number of rotatable bonds is 7. The van der Waals surface area contributed by atoms with E-state index in [0.717, 1.165) is 35.9 Å². The molecule has 1 atom stereocenters. The van der Waals surface area contributed by atoms with E-state index in [1.807, 2.05) is 35.9 Å². The van der Waals surface area contributed by atoms with Crippen molar-refractivity contribution in [2.75, 3.05) is 0 Å². The molecule has 1 N–H and O–H groups in total. The number of aromatic nitrogens is 2. The fraction of sp³-hybridized carbons (Fsp3) is 0.208. The Labute approximate surface area is 165 Å². The molecule has 0 spiro atoms. The van der Waals surface area contributed by atoms with Gasteiger partial charge in [0.2, 0.25) is 0 Å². The molecule has 4 aromatic rings. The Hall–Kier alpha value is -3.11. The molecule has 4 nitrogen and oxygen atoms in total. The maximum absolute atomic E-state index is 5.75. The van der Waals surface area contributed by atoms with E-state index < -0.39 is 0 Å². The van der Waals surface area contributed by atoms with Crippen LogP contribution in [0.4, 0.5) is 0 Å². The van der Waals surface area contributed by atoms with Gasteiger partial charge >= 0.3 is 0 Å². The van der Waals surface area contributed by atoms with Gasteiger partial charge < -0.3 is 9.73 Å². The maximum atomic E-state index is 5.75. The summed E-state index contributed by atoms with van der Waals surface area (Å²) in [5.41, 5.74) is 4.57. The standard InChI is InChI=1S/C24H25N3O/c1-18-13-14-23(28-18)19(2)25-15-22-17-27(16-20-9-5-3-6-10-20)26-24(22)21-11-7-4-8-12-21/h3-14,17,19,25H,15-16H2,1-2H3/t19-/m1/s1. The second kappa shape index (κ2) is 8.28. The molecule has 0 aliphatic rings. The lowest BCUT2D eigenvalue weighted by Crippen LogP contribution is -2.17. The number of benzene rings is 2. The van der Waals surface area contributed by atoms with Crippen molar-refractivity contribution in [1.29, 1.82) is 0 Å². The number of furan rings is 1. The minimum Gasteiger partial charge on any atom is -0.465 e. The van der Waals surface area contributed by atoms with Crippen molar-refractivity contribution in [3.63, 3.8) is 0 Å². The molecule has 4 rings (SSSR count). The number of aryl methyl sites for hydroxylation is 1. The van der Waals surface area contributed by atoms with Gasteiger partial charge in [0, 0.05) is 23.9 Å². The van der Waals surface area contributed by atoms with E-state index in [2.05, 4.69) is 67.0 Å². The Balaban J connectivity index is 1.57. The zero-order valence-electron chi connectivity index (χ0n) is 16.3. The number of nitrogens with one attached hydrogen (secondary N) is 1. The summed E-state index contributed by atoms with van der Waals surface area (Å²) in [6.07, 6.45) is 2.14. The van der Waals surface area contributed by atoms with E-state index >= 15 is 0 Å². The summed E-state index contributed by atoms with van der Waals surface area (Å²) in [5.74, 6) is 1.89. The van der Waals surface area contributed by atoms with E-state index in [0.29, 0.717) is 0 Å². The van der Waals surface area contributed by atoms with E-state index in [4.69, 9.17) is 9.52 Å². The van der Waals surface area contributed by atoms with Gasteiger partial charge in [-0.2, -0.15) is 5.10 Å². The first kappa shape index (κ1) is 18.3. The molecule has 0 bridgehead atoms. The molecule has 2 aromatic carbocycles. The summed E-state index contributed by atoms with van der Waals surface area (Å²) in [7, 11) is 0. The van der Waals surface area contributed by atoms with E-state index in [1.165, 1.54) is 11.1 Å². The van der Waals surface area contributed by atoms with E-state index in [-0.39, 0.29) is 6.04 Å². The number of nitrogens with zero attached hydrogens (tertiary/aromatic N) is 2. The number of hydrogen-bond acceptors (Lipinski definition) is 3. The van der Waals surface area contributed by atoms with Crippen molar-refractivity contribution in [1.82, 2.24) is 15.1 Å². The van der Waals surface area contributed by atoms with Gasteiger partial charge in [-0.25, -0.2) is 0 Å². The third-order valence-corrected chi connectivity index (χ3v) is 4.86. The molecule has 0 fully saturated rings. The molecule has 0 unspecified atom stereocenters. The first-order chi connectivity index (χ1) is 13.7.